The first-order valence-electron chi connectivity index (χ1n) is 13.6. The lowest BCUT2D eigenvalue weighted by atomic mass is 9.94. The Morgan fingerprint density at radius 3 is 2.41 bits per heavy atom. The van der Waals surface area contributed by atoms with Crippen molar-refractivity contribution in [1.29, 1.82) is 0 Å². The maximum Gasteiger partial charge on any atom is 0.229 e. The van der Waals surface area contributed by atoms with Crippen LogP contribution < -0.4 is 16.0 Å². The molecule has 5 rings (SSSR count). The number of anilines is 4. The molecule has 1 aliphatic carbocycles. The first kappa shape index (κ1) is 27.5. The molecule has 9 nitrogen and oxygen atoms in total. The number of rotatable bonds is 7. The fourth-order valence-electron chi connectivity index (χ4n) is 4.34. The van der Waals surface area contributed by atoms with E-state index in [0.29, 0.717) is 36.0 Å². The molecule has 3 N–H and O–H groups in total. The van der Waals surface area contributed by atoms with Gasteiger partial charge in [-0.25, -0.2) is 9.97 Å². The van der Waals surface area contributed by atoms with E-state index >= 15 is 0 Å². The summed E-state index contributed by atoms with van der Waals surface area (Å²) in [7, 11) is 0. The summed E-state index contributed by atoms with van der Waals surface area (Å²) in [5, 5.41) is 9.68. The Hall–Kier alpha value is -5.10. The average Bonchev–Trinajstić information content (AvgIpc) is 2.99. The average molecular weight is 546 g/mol. The van der Waals surface area contributed by atoms with Crippen molar-refractivity contribution in [2.45, 2.75) is 45.6 Å². The third-order valence-electron chi connectivity index (χ3n) is 6.69. The Labute approximate surface area is 239 Å². The van der Waals surface area contributed by atoms with Crippen LogP contribution in [0.2, 0.25) is 0 Å². The maximum absolute atomic E-state index is 12.0. The van der Waals surface area contributed by atoms with Gasteiger partial charge in [-0.05, 0) is 72.9 Å². The van der Waals surface area contributed by atoms with Crippen LogP contribution in [-0.2, 0) is 9.59 Å². The largest absolute Gasteiger partial charge is 0.367 e. The molecule has 0 radical (unpaired) electrons. The smallest absolute Gasteiger partial charge is 0.229 e. The highest BCUT2D eigenvalue weighted by Gasteiger charge is 2.21. The van der Waals surface area contributed by atoms with E-state index in [0.717, 1.165) is 41.0 Å². The SMILES string of the molecule is CC(C)C(=O)Nc1ccnc(C#Cc2ccc(Nc3ncc(-c4ccncc4)c(NC4CCC(=O)CC4)n3)cc2)c1. The second-order valence-electron chi connectivity index (χ2n) is 10.2. The number of hydrogen-bond donors (Lipinski definition) is 3. The van der Waals surface area contributed by atoms with Gasteiger partial charge >= 0.3 is 0 Å². The van der Waals surface area contributed by atoms with E-state index in [1.807, 2.05) is 50.2 Å². The molecule has 41 heavy (non-hydrogen) atoms. The number of carbonyl (C=O) groups is 2. The van der Waals surface area contributed by atoms with Gasteiger partial charge in [0.15, 0.2) is 0 Å². The van der Waals surface area contributed by atoms with Crippen LogP contribution in [0.3, 0.4) is 0 Å². The molecule has 1 aromatic carbocycles. The third-order valence-corrected chi connectivity index (χ3v) is 6.69. The molecule has 3 heterocycles. The Balaban J connectivity index is 1.29. The van der Waals surface area contributed by atoms with Gasteiger partial charge in [-0.1, -0.05) is 19.8 Å². The highest BCUT2D eigenvalue weighted by atomic mass is 16.1. The Morgan fingerprint density at radius 2 is 1.68 bits per heavy atom. The van der Waals surface area contributed by atoms with E-state index in [1.54, 1.807) is 36.9 Å². The van der Waals surface area contributed by atoms with Crippen LogP contribution in [0, 0.1) is 17.8 Å². The highest BCUT2D eigenvalue weighted by Crippen LogP contribution is 2.29. The van der Waals surface area contributed by atoms with E-state index in [2.05, 4.69) is 42.7 Å². The molecule has 0 atom stereocenters. The normalized spacial score (nSPS) is 13.3. The summed E-state index contributed by atoms with van der Waals surface area (Å²) >= 11 is 0. The second-order valence-corrected chi connectivity index (χ2v) is 10.2. The minimum Gasteiger partial charge on any atom is -0.367 e. The molecule has 0 bridgehead atoms. The van der Waals surface area contributed by atoms with Crippen LogP contribution in [0.25, 0.3) is 11.1 Å². The van der Waals surface area contributed by atoms with Crippen molar-refractivity contribution in [3.63, 3.8) is 0 Å². The van der Waals surface area contributed by atoms with Gasteiger partial charge in [-0.15, -0.1) is 0 Å². The number of nitrogens with one attached hydrogen (secondary N) is 3. The predicted molar refractivity (Wildman–Crippen MR) is 160 cm³/mol. The molecular formula is C32H31N7O2. The number of ketones is 1. The first-order chi connectivity index (χ1) is 19.9. The predicted octanol–water partition coefficient (Wildman–Crippen LogP) is 5.60. The topological polar surface area (TPSA) is 122 Å². The fraction of sp³-hybridized carbons (Fsp3) is 0.250. The van der Waals surface area contributed by atoms with Crippen molar-refractivity contribution in [1.82, 2.24) is 19.9 Å². The molecule has 9 heteroatoms. The number of nitrogens with zero attached hydrogens (tertiary/aromatic N) is 4. The van der Waals surface area contributed by atoms with Gasteiger partial charge in [-0.3, -0.25) is 14.6 Å². The zero-order valence-corrected chi connectivity index (χ0v) is 23.0. The molecule has 0 aliphatic heterocycles. The Kier molecular flexibility index (Phi) is 8.60. The molecular weight excluding hydrogens is 514 g/mol. The van der Waals surface area contributed by atoms with E-state index in [1.165, 1.54) is 0 Å². The highest BCUT2D eigenvalue weighted by molar-refractivity contribution is 5.92. The van der Waals surface area contributed by atoms with Gasteiger partial charge in [0, 0.05) is 72.1 Å². The molecule has 1 aliphatic rings. The molecule has 1 fully saturated rings. The van der Waals surface area contributed by atoms with Crippen molar-refractivity contribution in [3.05, 3.63) is 84.6 Å². The van der Waals surface area contributed by atoms with Crippen LogP contribution in [0.1, 0.15) is 50.8 Å². The summed E-state index contributed by atoms with van der Waals surface area (Å²) in [6.07, 6.45) is 9.66. The quantitative estimate of drug-likeness (QED) is 0.257. The Morgan fingerprint density at radius 1 is 0.927 bits per heavy atom. The molecule has 1 saturated carbocycles. The van der Waals surface area contributed by atoms with E-state index in [-0.39, 0.29) is 17.9 Å². The third kappa shape index (κ3) is 7.51. The fourth-order valence-corrected chi connectivity index (χ4v) is 4.34. The number of benzene rings is 1. The molecule has 1 amide bonds. The maximum atomic E-state index is 12.0. The summed E-state index contributed by atoms with van der Waals surface area (Å²) < 4.78 is 0. The van der Waals surface area contributed by atoms with Crippen molar-refractivity contribution in [3.8, 4) is 23.0 Å². The van der Waals surface area contributed by atoms with Crippen LogP contribution in [0.5, 0.6) is 0 Å². The standard InChI is InChI=1S/C32H31N7O2/c1-21(2)31(41)37-27-15-18-34-26(19-27)8-5-22-3-6-25(7-4-22)38-32-35-20-29(23-13-16-33-17-14-23)30(39-32)36-24-9-11-28(40)12-10-24/h3-4,6-7,13-21,24H,9-12H2,1-2H3,(H,34,37,41)(H2,35,36,38,39). The van der Waals surface area contributed by atoms with Crippen molar-refractivity contribution >= 4 is 34.8 Å². The minimum atomic E-state index is -0.110. The molecule has 3 aromatic heterocycles. The zero-order valence-electron chi connectivity index (χ0n) is 23.0. The number of aromatic nitrogens is 4. The van der Waals surface area contributed by atoms with Gasteiger partial charge in [0.25, 0.3) is 0 Å². The van der Waals surface area contributed by atoms with Gasteiger partial charge in [0.05, 0.1) is 0 Å². The van der Waals surface area contributed by atoms with Crippen LogP contribution in [-0.4, -0.2) is 37.7 Å². The van der Waals surface area contributed by atoms with Crippen molar-refractivity contribution in [2.75, 3.05) is 16.0 Å². The number of pyridine rings is 2. The lowest BCUT2D eigenvalue weighted by Crippen LogP contribution is -2.27. The summed E-state index contributed by atoms with van der Waals surface area (Å²) in [4.78, 5) is 41.4. The zero-order chi connectivity index (χ0) is 28.6. The van der Waals surface area contributed by atoms with Gasteiger partial charge in [0.1, 0.15) is 17.3 Å². The van der Waals surface area contributed by atoms with Crippen LogP contribution >= 0.6 is 0 Å². The number of carbonyl (C=O) groups excluding carboxylic acids is 2. The van der Waals surface area contributed by atoms with Gasteiger partial charge in [0.2, 0.25) is 11.9 Å². The first-order valence-corrected chi connectivity index (χ1v) is 13.6. The van der Waals surface area contributed by atoms with E-state index in [4.69, 9.17) is 4.98 Å². The van der Waals surface area contributed by atoms with E-state index in [9.17, 15) is 9.59 Å². The summed E-state index contributed by atoms with van der Waals surface area (Å²) in [5.74, 6) is 7.50. The number of hydrogen-bond acceptors (Lipinski definition) is 8. The van der Waals surface area contributed by atoms with E-state index < -0.39 is 0 Å². The summed E-state index contributed by atoms with van der Waals surface area (Å²) in [6, 6.07) is 15.2. The van der Waals surface area contributed by atoms with Crippen molar-refractivity contribution < 1.29 is 9.59 Å². The van der Waals surface area contributed by atoms with Crippen LogP contribution in [0.4, 0.5) is 23.1 Å². The summed E-state index contributed by atoms with van der Waals surface area (Å²) in [5.41, 5.74) is 4.71. The lowest BCUT2D eigenvalue weighted by Gasteiger charge is -2.24. The summed E-state index contributed by atoms with van der Waals surface area (Å²) in [6.45, 7) is 3.69. The van der Waals surface area contributed by atoms with Crippen LogP contribution in [0.15, 0.2) is 73.3 Å². The monoisotopic (exact) mass is 545 g/mol. The minimum absolute atomic E-state index is 0.0532. The molecule has 4 aromatic rings. The molecule has 0 spiro atoms. The lowest BCUT2D eigenvalue weighted by molar-refractivity contribution is -0.120. The van der Waals surface area contributed by atoms with Gasteiger partial charge < -0.3 is 16.0 Å². The molecule has 206 valence electrons. The molecule has 0 saturated heterocycles. The van der Waals surface area contributed by atoms with Gasteiger partial charge in [-0.2, -0.15) is 4.98 Å². The number of amides is 1. The second kappa shape index (κ2) is 12.8. The Bertz CT molecular complexity index is 1580. The number of Topliss-reactive ketones (excluding diaryl/α,β-unsaturated/α-hetero) is 1. The van der Waals surface area contributed by atoms with Crippen molar-refractivity contribution in [2.24, 2.45) is 5.92 Å². The molecule has 0 unspecified atom stereocenters.